The van der Waals surface area contributed by atoms with E-state index in [1.807, 2.05) is 47.4 Å². The first kappa shape index (κ1) is 13.3. The molecule has 0 saturated heterocycles. The van der Waals surface area contributed by atoms with Crippen molar-refractivity contribution in [2.45, 2.75) is 6.54 Å². The van der Waals surface area contributed by atoms with Crippen LogP contribution in [0.3, 0.4) is 0 Å². The van der Waals surface area contributed by atoms with Gasteiger partial charge in [-0.15, -0.1) is 0 Å². The number of hydrogen-bond acceptors (Lipinski definition) is 2. The molecule has 0 radical (unpaired) electrons. The number of hydrogen-bond donors (Lipinski definition) is 1. The maximum atomic E-state index is 12.8. The van der Waals surface area contributed by atoms with Crippen molar-refractivity contribution in [3.05, 3.63) is 64.1 Å². The van der Waals surface area contributed by atoms with Gasteiger partial charge >= 0.3 is 0 Å². The summed E-state index contributed by atoms with van der Waals surface area (Å²) in [4.78, 5) is 14.7. The maximum absolute atomic E-state index is 12.8. The number of anilines is 1. The predicted molar refractivity (Wildman–Crippen MR) is 84.0 cm³/mol. The second-order valence-corrected chi connectivity index (χ2v) is 5.60. The van der Waals surface area contributed by atoms with Crippen molar-refractivity contribution < 1.29 is 4.79 Å². The molecule has 1 aliphatic heterocycles. The quantitative estimate of drug-likeness (QED) is 0.870. The Morgan fingerprint density at radius 2 is 1.85 bits per heavy atom. The van der Waals surface area contributed by atoms with Gasteiger partial charge < -0.3 is 10.2 Å². The Morgan fingerprint density at radius 1 is 1.10 bits per heavy atom. The summed E-state index contributed by atoms with van der Waals surface area (Å²) in [6, 6.07) is 15.6. The molecule has 1 N–H and O–H groups in total. The Kier molecular flexibility index (Phi) is 3.85. The van der Waals surface area contributed by atoms with Gasteiger partial charge in [0.25, 0.3) is 5.91 Å². The van der Waals surface area contributed by atoms with Crippen LogP contribution in [0, 0.1) is 0 Å². The number of amides is 1. The lowest BCUT2D eigenvalue weighted by molar-refractivity contribution is 0.0987. The normalized spacial score (nSPS) is 14.6. The molecule has 0 aromatic heterocycles. The van der Waals surface area contributed by atoms with Crippen molar-refractivity contribution in [3.8, 4) is 0 Å². The first-order chi connectivity index (χ1) is 9.77. The summed E-state index contributed by atoms with van der Waals surface area (Å²) < 4.78 is 0.833. The zero-order valence-corrected chi connectivity index (χ0v) is 12.6. The van der Waals surface area contributed by atoms with Gasteiger partial charge in [-0.05, 0) is 39.7 Å². The molecule has 1 amide bonds. The Balaban J connectivity index is 2.02. The number of nitrogens with zero attached hydrogens (tertiary/aromatic N) is 1. The van der Waals surface area contributed by atoms with Crippen LogP contribution in [0.1, 0.15) is 15.9 Å². The van der Waals surface area contributed by atoms with Crippen LogP contribution >= 0.6 is 15.9 Å². The molecule has 4 heteroatoms. The zero-order chi connectivity index (χ0) is 13.9. The second kappa shape index (κ2) is 5.77. The molecular formula is C16H15BrN2O. The topological polar surface area (TPSA) is 32.3 Å². The number of benzene rings is 2. The fourth-order valence-corrected chi connectivity index (χ4v) is 2.90. The Hall–Kier alpha value is -1.65. The van der Waals surface area contributed by atoms with Crippen molar-refractivity contribution in [2.24, 2.45) is 0 Å². The average molecular weight is 331 g/mol. The van der Waals surface area contributed by atoms with E-state index in [-0.39, 0.29) is 5.91 Å². The summed E-state index contributed by atoms with van der Waals surface area (Å²) >= 11 is 3.46. The summed E-state index contributed by atoms with van der Waals surface area (Å²) in [6.45, 7) is 2.28. The number of halogens is 1. The Labute approximate surface area is 126 Å². The summed E-state index contributed by atoms with van der Waals surface area (Å²) in [5, 5.41) is 3.35. The summed E-state index contributed by atoms with van der Waals surface area (Å²) in [7, 11) is 0. The number of rotatable bonds is 1. The zero-order valence-electron chi connectivity index (χ0n) is 11.0. The van der Waals surface area contributed by atoms with Gasteiger partial charge in [0.2, 0.25) is 0 Å². The second-order valence-electron chi connectivity index (χ2n) is 4.74. The summed E-state index contributed by atoms with van der Waals surface area (Å²) in [5.74, 6) is 0.0358. The van der Waals surface area contributed by atoms with Crippen LogP contribution in [0.5, 0.6) is 0 Å². The van der Waals surface area contributed by atoms with Crippen molar-refractivity contribution in [1.29, 1.82) is 0 Å². The lowest BCUT2D eigenvalue weighted by Crippen LogP contribution is -2.34. The van der Waals surface area contributed by atoms with E-state index in [1.165, 1.54) is 0 Å². The SMILES string of the molecule is O=C(c1ccccc1Br)N1CCNCc2ccccc21. The molecule has 102 valence electrons. The standard InChI is InChI=1S/C16H15BrN2O/c17-14-7-3-2-6-13(14)16(20)19-10-9-18-11-12-5-1-4-8-15(12)19/h1-8,18H,9-11H2. The highest BCUT2D eigenvalue weighted by molar-refractivity contribution is 9.10. The molecule has 2 aromatic carbocycles. The largest absolute Gasteiger partial charge is 0.311 e. The fourth-order valence-electron chi connectivity index (χ4n) is 2.45. The molecule has 0 spiro atoms. The molecule has 0 bridgehead atoms. The van der Waals surface area contributed by atoms with Gasteiger partial charge in [0.1, 0.15) is 0 Å². The first-order valence-electron chi connectivity index (χ1n) is 6.62. The van der Waals surface area contributed by atoms with Crippen molar-refractivity contribution >= 4 is 27.5 Å². The van der Waals surface area contributed by atoms with Crippen molar-refractivity contribution in [3.63, 3.8) is 0 Å². The number of para-hydroxylation sites is 1. The number of nitrogens with one attached hydrogen (secondary N) is 1. The molecule has 0 saturated carbocycles. The number of carbonyl (C=O) groups is 1. The summed E-state index contributed by atoms with van der Waals surface area (Å²) in [6.07, 6.45) is 0. The number of carbonyl (C=O) groups excluding carboxylic acids is 1. The fraction of sp³-hybridized carbons (Fsp3) is 0.188. The highest BCUT2D eigenvalue weighted by Crippen LogP contribution is 2.26. The van der Waals surface area contributed by atoms with E-state index in [0.717, 1.165) is 28.8 Å². The van der Waals surface area contributed by atoms with Gasteiger partial charge in [-0.25, -0.2) is 0 Å². The van der Waals surface area contributed by atoms with Gasteiger partial charge in [0, 0.05) is 29.8 Å². The Bertz CT molecular complexity index is 642. The van der Waals surface area contributed by atoms with Crippen LogP contribution in [-0.2, 0) is 6.54 Å². The van der Waals surface area contributed by atoms with Crippen LogP contribution in [-0.4, -0.2) is 19.0 Å². The van der Waals surface area contributed by atoms with Crippen LogP contribution in [0.2, 0.25) is 0 Å². The van der Waals surface area contributed by atoms with Gasteiger partial charge in [0.05, 0.1) is 5.56 Å². The molecule has 2 aromatic rings. The molecule has 3 nitrogen and oxygen atoms in total. The highest BCUT2D eigenvalue weighted by Gasteiger charge is 2.22. The first-order valence-corrected chi connectivity index (χ1v) is 7.41. The molecule has 0 unspecified atom stereocenters. The third kappa shape index (κ3) is 2.49. The molecule has 20 heavy (non-hydrogen) atoms. The lowest BCUT2D eigenvalue weighted by atomic mass is 10.1. The third-order valence-electron chi connectivity index (χ3n) is 3.46. The molecule has 1 aliphatic rings. The number of fused-ring (bicyclic) bond motifs is 1. The lowest BCUT2D eigenvalue weighted by Gasteiger charge is -2.23. The monoisotopic (exact) mass is 330 g/mol. The van der Waals surface area contributed by atoms with Crippen molar-refractivity contribution in [2.75, 3.05) is 18.0 Å². The van der Waals surface area contributed by atoms with E-state index < -0.39 is 0 Å². The van der Waals surface area contributed by atoms with Crippen LogP contribution in [0.15, 0.2) is 53.0 Å². The molecular weight excluding hydrogens is 316 g/mol. The summed E-state index contributed by atoms with van der Waals surface area (Å²) in [5.41, 5.74) is 2.85. The minimum atomic E-state index is 0.0358. The molecule has 1 heterocycles. The molecule has 3 rings (SSSR count). The minimum Gasteiger partial charge on any atom is -0.311 e. The van der Waals surface area contributed by atoms with E-state index >= 15 is 0 Å². The van der Waals surface area contributed by atoms with Crippen LogP contribution in [0.4, 0.5) is 5.69 Å². The maximum Gasteiger partial charge on any atom is 0.259 e. The van der Waals surface area contributed by atoms with Gasteiger partial charge in [-0.1, -0.05) is 30.3 Å². The molecule has 0 atom stereocenters. The van der Waals surface area contributed by atoms with E-state index in [9.17, 15) is 4.79 Å². The van der Waals surface area contributed by atoms with E-state index in [2.05, 4.69) is 27.3 Å². The van der Waals surface area contributed by atoms with E-state index in [4.69, 9.17) is 0 Å². The minimum absolute atomic E-state index is 0.0358. The average Bonchev–Trinajstić information content (AvgIpc) is 2.69. The van der Waals surface area contributed by atoms with E-state index in [0.29, 0.717) is 12.1 Å². The van der Waals surface area contributed by atoms with Crippen LogP contribution < -0.4 is 10.2 Å². The smallest absolute Gasteiger partial charge is 0.259 e. The third-order valence-corrected chi connectivity index (χ3v) is 4.15. The van der Waals surface area contributed by atoms with Gasteiger partial charge in [0.15, 0.2) is 0 Å². The van der Waals surface area contributed by atoms with Gasteiger partial charge in [-0.2, -0.15) is 0 Å². The predicted octanol–water partition coefficient (Wildman–Crippen LogP) is 3.20. The highest BCUT2D eigenvalue weighted by atomic mass is 79.9. The molecule has 0 aliphatic carbocycles. The van der Waals surface area contributed by atoms with Crippen molar-refractivity contribution in [1.82, 2.24) is 5.32 Å². The Morgan fingerprint density at radius 3 is 2.70 bits per heavy atom. The van der Waals surface area contributed by atoms with Gasteiger partial charge in [-0.3, -0.25) is 4.79 Å². The van der Waals surface area contributed by atoms with E-state index in [1.54, 1.807) is 0 Å². The molecule has 0 fully saturated rings. The van der Waals surface area contributed by atoms with Crippen LogP contribution in [0.25, 0.3) is 0 Å².